The van der Waals surface area contributed by atoms with E-state index in [-0.39, 0.29) is 24.4 Å². The molecule has 2 rings (SSSR count). The Kier molecular flexibility index (Phi) is 4.10. The molecule has 1 aromatic heterocycles. The first-order chi connectivity index (χ1) is 8.66. The van der Waals surface area contributed by atoms with Crippen LogP contribution in [-0.4, -0.2) is 19.4 Å². The van der Waals surface area contributed by atoms with E-state index in [1.807, 2.05) is 11.4 Å². The van der Waals surface area contributed by atoms with Crippen LogP contribution in [0.2, 0.25) is 0 Å². The Morgan fingerprint density at radius 2 is 1.67 bits per heavy atom. The number of rotatable bonds is 5. The third-order valence-electron chi connectivity index (χ3n) is 2.61. The van der Waals surface area contributed by atoms with Crippen molar-refractivity contribution in [3.05, 3.63) is 52.2 Å². The maximum atomic E-state index is 11.8. The molecule has 88 valence electrons. The van der Waals surface area contributed by atoms with Gasteiger partial charge in [-0.3, -0.25) is 9.59 Å². The van der Waals surface area contributed by atoms with Gasteiger partial charge in [-0.05, 0) is 11.4 Å². The Balaban J connectivity index is 1.92. The van der Waals surface area contributed by atoms with E-state index in [2.05, 4.69) is 0 Å². The van der Waals surface area contributed by atoms with E-state index in [1.54, 1.807) is 30.3 Å². The van der Waals surface area contributed by atoms with Gasteiger partial charge >= 0.3 is 0 Å². The molecule has 0 saturated heterocycles. The summed E-state index contributed by atoms with van der Waals surface area (Å²) in [6.07, 6.45) is 0.490. The van der Waals surface area contributed by atoms with Gasteiger partial charge in [-0.1, -0.05) is 35.8 Å². The maximum absolute atomic E-state index is 11.8. The summed E-state index contributed by atoms with van der Waals surface area (Å²) in [5.41, 5.74) is 1.23. The van der Waals surface area contributed by atoms with Crippen LogP contribution < -0.4 is 5.46 Å². The molecule has 0 saturated carbocycles. The topological polar surface area (TPSA) is 34.1 Å². The zero-order chi connectivity index (χ0) is 13.0. The molecule has 0 aliphatic rings. The van der Waals surface area contributed by atoms with E-state index in [0.717, 1.165) is 0 Å². The van der Waals surface area contributed by atoms with Crippen molar-refractivity contribution in [1.82, 2.24) is 0 Å². The molecule has 2 aromatic rings. The van der Waals surface area contributed by atoms with Crippen LogP contribution >= 0.6 is 11.3 Å². The summed E-state index contributed by atoms with van der Waals surface area (Å²) in [6, 6.07) is 10.4. The summed E-state index contributed by atoms with van der Waals surface area (Å²) < 4.78 is 0. The second-order valence-electron chi connectivity index (χ2n) is 3.95. The minimum Gasteiger partial charge on any atom is -0.294 e. The summed E-state index contributed by atoms with van der Waals surface area (Å²) in [7, 11) is 5.55. The highest BCUT2D eigenvalue weighted by molar-refractivity contribution is 7.12. The minimum atomic E-state index is -0.0279. The average molecular weight is 254 g/mol. The molecule has 0 atom stereocenters. The van der Waals surface area contributed by atoms with E-state index >= 15 is 0 Å². The zero-order valence-corrected chi connectivity index (χ0v) is 10.6. The molecule has 4 heteroatoms. The third-order valence-corrected chi connectivity index (χ3v) is 3.52. The minimum absolute atomic E-state index is 0.0220. The molecule has 0 unspecified atom stereocenters. The number of carbonyl (C=O) groups is 2. The average Bonchev–Trinajstić information content (AvgIpc) is 2.90. The van der Waals surface area contributed by atoms with Gasteiger partial charge in [0.25, 0.3) is 0 Å². The molecule has 0 fully saturated rings. The Hall–Kier alpha value is -1.68. The van der Waals surface area contributed by atoms with Gasteiger partial charge in [0.05, 0.1) is 4.88 Å². The largest absolute Gasteiger partial charge is 0.294 e. The lowest BCUT2D eigenvalue weighted by Crippen LogP contribution is -2.07. The van der Waals surface area contributed by atoms with Crippen molar-refractivity contribution < 1.29 is 9.59 Å². The Bertz CT molecular complexity index is 544. The number of ketones is 2. The summed E-state index contributed by atoms with van der Waals surface area (Å²) in [5.74, 6) is -0.00583. The lowest BCUT2D eigenvalue weighted by atomic mass is 9.94. The zero-order valence-electron chi connectivity index (χ0n) is 9.76. The highest BCUT2D eigenvalue weighted by atomic mass is 32.1. The number of benzene rings is 1. The molecule has 0 aliphatic carbocycles. The maximum Gasteiger partial charge on any atom is 0.173 e. The second-order valence-corrected chi connectivity index (χ2v) is 4.89. The molecule has 18 heavy (non-hydrogen) atoms. The van der Waals surface area contributed by atoms with E-state index < -0.39 is 0 Å². The number of carbonyl (C=O) groups excluding carboxylic acids is 2. The molecule has 0 amide bonds. The molecular weight excluding hydrogens is 243 g/mol. The Morgan fingerprint density at radius 3 is 2.28 bits per heavy atom. The third kappa shape index (κ3) is 3.17. The highest BCUT2D eigenvalue weighted by Gasteiger charge is 2.11. The SMILES string of the molecule is [B]c1ccc(C(=O)CCC(=O)c2cccs2)cc1. The van der Waals surface area contributed by atoms with Crippen LogP contribution in [0.4, 0.5) is 0 Å². The van der Waals surface area contributed by atoms with Crippen molar-refractivity contribution >= 4 is 36.2 Å². The standard InChI is InChI=1S/C14H11BO2S/c15-11-5-3-10(4-6-11)12(16)7-8-13(17)14-2-1-9-18-14/h1-6,9H,7-8H2. The molecule has 2 nitrogen and oxygen atoms in total. The fourth-order valence-corrected chi connectivity index (χ4v) is 2.30. The molecule has 2 radical (unpaired) electrons. The number of Topliss-reactive ketones (excluding diaryl/α,β-unsaturated/α-hetero) is 2. The molecule has 1 heterocycles. The number of thiophene rings is 1. The van der Waals surface area contributed by atoms with Crippen LogP contribution in [0.25, 0.3) is 0 Å². The van der Waals surface area contributed by atoms with Crippen molar-refractivity contribution in [2.24, 2.45) is 0 Å². The number of hydrogen-bond acceptors (Lipinski definition) is 3. The molecule has 0 spiro atoms. The van der Waals surface area contributed by atoms with Crippen LogP contribution in [0.15, 0.2) is 41.8 Å². The van der Waals surface area contributed by atoms with Gasteiger partial charge in [0, 0.05) is 18.4 Å². The van der Waals surface area contributed by atoms with E-state index in [1.165, 1.54) is 11.3 Å². The van der Waals surface area contributed by atoms with Crippen molar-refractivity contribution in [2.75, 3.05) is 0 Å². The molecule has 0 N–H and O–H groups in total. The van der Waals surface area contributed by atoms with Crippen molar-refractivity contribution in [3.63, 3.8) is 0 Å². The first kappa shape index (κ1) is 12.8. The fraction of sp³-hybridized carbons (Fsp3) is 0.143. The van der Waals surface area contributed by atoms with Gasteiger partial charge in [-0.2, -0.15) is 0 Å². The molecule has 0 aliphatic heterocycles. The van der Waals surface area contributed by atoms with Crippen LogP contribution in [0, 0.1) is 0 Å². The predicted octanol–water partition coefficient (Wildman–Crippen LogP) is 2.39. The predicted molar refractivity (Wildman–Crippen MR) is 74.0 cm³/mol. The van der Waals surface area contributed by atoms with E-state index in [0.29, 0.717) is 15.9 Å². The lowest BCUT2D eigenvalue weighted by Gasteiger charge is -2.01. The van der Waals surface area contributed by atoms with Gasteiger partial charge in [0.15, 0.2) is 11.6 Å². The second kappa shape index (κ2) is 5.78. The summed E-state index contributed by atoms with van der Waals surface area (Å²) in [5, 5.41) is 1.86. The van der Waals surface area contributed by atoms with Gasteiger partial charge in [-0.25, -0.2) is 0 Å². The van der Waals surface area contributed by atoms with Gasteiger partial charge < -0.3 is 0 Å². The Morgan fingerprint density at radius 1 is 1.00 bits per heavy atom. The van der Waals surface area contributed by atoms with Gasteiger partial charge in [-0.15, -0.1) is 11.3 Å². The van der Waals surface area contributed by atoms with E-state index in [9.17, 15) is 9.59 Å². The van der Waals surface area contributed by atoms with Crippen molar-refractivity contribution in [1.29, 1.82) is 0 Å². The smallest absolute Gasteiger partial charge is 0.173 e. The van der Waals surface area contributed by atoms with Crippen molar-refractivity contribution in [3.8, 4) is 0 Å². The van der Waals surface area contributed by atoms with Crippen LogP contribution in [0.5, 0.6) is 0 Å². The first-order valence-electron chi connectivity index (χ1n) is 5.62. The van der Waals surface area contributed by atoms with Gasteiger partial charge in [0.1, 0.15) is 7.85 Å². The van der Waals surface area contributed by atoms with Crippen LogP contribution in [-0.2, 0) is 0 Å². The van der Waals surface area contributed by atoms with Crippen molar-refractivity contribution in [2.45, 2.75) is 12.8 Å². The fourth-order valence-electron chi connectivity index (χ4n) is 1.60. The molecular formula is C14H11BO2S. The first-order valence-corrected chi connectivity index (χ1v) is 6.50. The number of hydrogen-bond donors (Lipinski definition) is 0. The van der Waals surface area contributed by atoms with Crippen LogP contribution in [0.3, 0.4) is 0 Å². The van der Waals surface area contributed by atoms with E-state index in [4.69, 9.17) is 7.85 Å². The molecule has 1 aromatic carbocycles. The monoisotopic (exact) mass is 254 g/mol. The Labute approximate surface area is 111 Å². The summed E-state index contributed by atoms with van der Waals surface area (Å²) >= 11 is 1.40. The normalized spacial score (nSPS) is 10.2. The lowest BCUT2D eigenvalue weighted by molar-refractivity contribution is 0.0919. The van der Waals surface area contributed by atoms with Crippen LogP contribution in [0.1, 0.15) is 32.9 Å². The molecule has 0 bridgehead atoms. The quantitative estimate of drug-likeness (QED) is 0.606. The summed E-state index contributed by atoms with van der Waals surface area (Å²) in [6.45, 7) is 0. The van der Waals surface area contributed by atoms with Gasteiger partial charge in [0.2, 0.25) is 0 Å². The highest BCUT2D eigenvalue weighted by Crippen LogP contribution is 2.13. The summed E-state index contributed by atoms with van der Waals surface area (Å²) in [4.78, 5) is 24.3.